The summed E-state index contributed by atoms with van der Waals surface area (Å²) in [6.45, 7) is 5.55. The van der Waals surface area contributed by atoms with Crippen molar-refractivity contribution in [2.24, 2.45) is 0 Å². The quantitative estimate of drug-likeness (QED) is 0.910. The number of amides is 2. The zero-order valence-electron chi connectivity index (χ0n) is 11.7. The van der Waals surface area contributed by atoms with Gasteiger partial charge in [0.1, 0.15) is 0 Å². The number of hydrogen-bond donors (Lipinski definition) is 1. The number of benzene rings is 1. The van der Waals surface area contributed by atoms with Crippen LogP contribution in [0.2, 0.25) is 5.02 Å². The third-order valence-electron chi connectivity index (χ3n) is 4.09. The molecule has 108 valence electrons. The second kappa shape index (κ2) is 5.62. The first-order valence-corrected chi connectivity index (χ1v) is 7.57. The number of halogens is 1. The number of carbonyl (C=O) groups excluding carboxylic acids is 1. The number of piperazine rings is 1. The second-order valence-corrected chi connectivity index (χ2v) is 6.06. The van der Waals surface area contributed by atoms with Gasteiger partial charge in [-0.2, -0.15) is 0 Å². The minimum Gasteiger partial charge on any atom is -0.322 e. The van der Waals surface area contributed by atoms with Crippen molar-refractivity contribution in [2.45, 2.75) is 25.8 Å². The van der Waals surface area contributed by atoms with Crippen LogP contribution in [0.25, 0.3) is 0 Å². The Labute approximate surface area is 124 Å². The molecule has 1 aromatic carbocycles. The van der Waals surface area contributed by atoms with Gasteiger partial charge in [-0.15, -0.1) is 0 Å². The van der Waals surface area contributed by atoms with E-state index in [1.54, 1.807) is 6.07 Å². The van der Waals surface area contributed by atoms with Crippen molar-refractivity contribution in [3.8, 4) is 0 Å². The third kappa shape index (κ3) is 3.07. The summed E-state index contributed by atoms with van der Waals surface area (Å²) in [5, 5.41) is 3.61. The fourth-order valence-electron chi connectivity index (χ4n) is 2.60. The number of urea groups is 1. The molecule has 2 aliphatic rings. The van der Waals surface area contributed by atoms with Gasteiger partial charge in [0.25, 0.3) is 0 Å². The number of nitrogens with zero attached hydrogens (tertiary/aromatic N) is 2. The van der Waals surface area contributed by atoms with Gasteiger partial charge in [0, 0.05) is 42.9 Å². The van der Waals surface area contributed by atoms with Gasteiger partial charge in [-0.1, -0.05) is 17.7 Å². The summed E-state index contributed by atoms with van der Waals surface area (Å²) in [5.41, 5.74) is 1.78. The lowest BCUT2D eigenvalue weighted by atomic mass is 10.2. The van der Waals surface area contributed by atoms with E-state index >= 15 is 0 Å². The van der Waals surface area contributed by atoms with Crippen LogP contribution in [0.5, 0.6) is 0 Å². The lowest BCUT2D eigenvalue weighted by molar-refractivity contribution is 0.142. The van der Waals surface area contributed by atoms with Crippen molar-refractivity contribution in [2.75, 3.05) is 31.5 Å². The smallest absolute Gasteiger partial charge is 0.321 e. The van der Waals surface area contributed by atoms with Crippen LogP contribution >= 0.6 is 11.6 Å². The highest BCUT2D eigenvalue weighted by atomic mass is 35.5. The van der Waals surface area contributed by atoms with E-state index in [9.17, 15) is 4.79 Å². The lowest BCUT2D eigenvalue weighted by Crippen LogP contribution is -2.50. The number of anilines is 1. The topological polar surface area (TPSA) is 35.6 Å². The molecule has 5 heteroatoms. The van der Waals surface area contributed by atoms with Crippen molar-refractivity contribution < 1.29 is 4.79 Å². The SMILES string of the molecule is Cc1ccc(NC(=O)N2CCN(C3CC3)CC2)cc1Cl. The van der Waals surface area contributed by atoms with Gasteiger partial charge in [-0.25, -0.2) is 4.79 Å². The molecule has 0 unspecified atom stereocenters. The molecule has 1 aliphatic heterocycles. The van der Waals surface area contributed by atoms with Crippen LogP contribution in [0, 0.1) is 6.92 Å². The van der Waals surface area contributed by atoms with E-state index in [-0.39, 0.29) is 6.03 Å². The molecule has 0 bridgehead atoms. The Morgan fingerprint density at radius 2 is 1.95 bits per heavy atom. The normalized spacial score (nSPS) is 20.0. The minimum atomic E-state index is -0.0274. The average Bonchev–Trinajstić information content (AvgIpc) is 3.28. The maximum atomic E-state index is 12.2. The number of nitrogens with one attached hydrogen (secondary N) is 1. The molecular weight excluding hydrogens is 274 g/mol. The average molecular weight is 294 g/mol. The molecule has 1 aliphatic carbocycles. The second-order valence-electron chi connectivity index (χ2n) is 5.65. The monoisotopic (exact) mass is 293 g/mol. The largest absolute Gasteiger partial charge is 0.322 e. The highest BCUT2D eigenvalue weighted by Gasteiger charge is 2.32. The first-order valence-electron chi connectivity index (χ1n) is 7.19. The van der Waals surface area contributed by atoms with Gasteiger partial charge in [-0.05, 0) is 37.5 Å². The maximum Gasteiger partial charge on any atom is 0.321 e. The Morgan fingerprint density at radius 3 is 2.55 bits per heavy atom. The van der Waals surface area contributed by atoms with E-state index in [4.69, 9.17) is 11.6 Å². The Bertz CT molecular complexity index is 508. The summed E-state index contributed by atoms with van der Waals surface area (Å²) >= 11 is 6.07. The lowest BCUT2D eigenvalue weighted by Gasteiger charge is -2.34. The van der Waals surface area contributed by atoms with Crippen LogP contribution in [0.15, 0.2) is 18.2 Å². The fourth-order valence-corrected chi connectivity index (χ4v) is 2.78. The Hall–Kier alpha value is -1.26. The molecule has 2 fully saturated rings. The molecule has 2 amide bonds. The summed E-state index contributed by atoms with van der Waals surface area (Å²) in [4.78, 5) is 16.6. The maximum absolute atomic E-state index is 12.2. The minimum absolute atomic E-state index is 0.0274. The van der Waals surface area contributed by atoms with Gasteiger partial charge in [-0.3, -0.25) is 4.90 Å². The molecule has 4 nitrogen and oxygen atoms in total. The zero-order chi connectivity index (χ0) is 14.1. The molecule has 1 heterocycles. The van der Waals surface area contributed by atoms with Crippen LogP contribution in [-0.4, -0.2) is 48.1 Å². The van der Waals surface area contributed by atoms with Gasteiger partial charge in [0.2, 0.25) is 0 Å². The van der Waals surface area contributed by atoms with E-state index in [0.717, 1.165) is 43.5 Å². The molecule has 1 saturated carbocycles. The molecule has 0 aromatic heterocycles. The first kappa shape index (κ1) is 13.7. The third-order valence-corrected chi connectivity index (χ3v) is 4.50. The number of hydrogen-bond acceptors (Lipinski definition) is 2. The Balaban J connectivity index is 1.55. The first-order chi connectivity index (χ1) is 9.63. The highest BCUT2D eigenvalue weighted by molar-refractivity contribution is 6.31. The van der Waals surface area contributed by atoms with Crippen LogP contribution in [0.4, 0.5) is 10.5 Å². The predicted molar refractivity (Wildman–Crippen MR) is 81.4 cm³/mol. The molecular formula is C15H20ClN3O. The van der Waals surface area contributed by atoms with Crippen molar-refractivity contribution in [1.82, 2.24) is 9.80 Å². The molecule has 3 rings (SSSR count). The van der Waals surface area contributed by atoms with Crippen LogP contribution in [0.1, 0.15) is 18.4 Å². The van der Waals surface area contributed by atoms with E-state index < -0.39 is 0 Å². The van der Waals surface area contributed by atoms with Gasteiger partial charge >= 0.3 is 6.03 Å². The van der Waals surface area contributed by atoms with E-state index in [1.807, 2.05) is 24.0 Å². The Morgan fingerprint density at radius 1 is 1.25 bits per heavy atom. The molecule has 0 spiro atoms. The molecule has 1 N–H and O–H groups in total. The molecule has 1 aromatic rings. The number of aryl methyl sites for hydroxylation is 1. The molecule has 0 radical (unpaired) electrons. The Kier molecular flexibility index (Phi) is 3.85. The molecule has 20 heavy (non-hydrogen) atoms. The molecule has 0 atom stereocenters. The zero-order valence-corrected chi connectivity index (χ0v) is 12.5. The van der Waals surface area contributed by atoms with Gasteiger partial charge in [0.05, 0.1) is 0 Å². The van der Waals surface area contributed by atoms with Crippen LogP contribution in [0.3, 0.4) is 0 Å². The van der Waals surface area contributed by atoms with Crippen molar-refractivity contribution >= 4 is 23.3 Å². The molecule has 1 saturated heterocycles. The van der Waals surface area contributed by atoms with E-state index in [1.165, 1.54) is 12.8 Å². The predicted octanol–water partition coefficient (Wildman–Crippen LogP) is 2.96. The van der Waals surface area contributed by atoms with E-state index in [0.29, 0.717) is 5.02 Å². The summed E-state index contributed by atoms with van der Waals surface area (Å²) < 4.78 is 0. The van der Waals surface area contributed by atoms with Crippen LogP contribution in [-0.2, 0) is 0 Å². The number of carbonyl (C=O) groups is 1. The van der Waals surface area contributed by atoms with Gasteiger partial charge in [0.15, 0.2) is 0 Å². The van der Waals surface area contributed by atoms with Crippen molar-refractivity contribution in [3.05, 3.63) is 28.8 Å². The van der Waals surface area contributed by atoms with Crippen molar-refractivity contribution in [1.29, 1.82) is 0 Å². The standard InChI is InChI=1S/C15H20ClN3O/c1-11-2-3-12(10-14(11)16)17-15(20)19-8-6-18(7-9-19)13-4-5-13/h2-3,10,13H,4-9H2,1H3,(H,17,20). The highest BCUT2D eigenvalue weighted by Crippen LogP contribution is 2.27. The van der Waals surface area contributed by atoms with Crippen LogP contribution < -0.4 is 5.32 Å². The summed E-state index contributed by atoms with van der Waals surface area (Å²) in [6, 6.07) is 6.37. The van der Waals surface area contributed by atoms with Crippen molar-refractivity contribution in [3.63, 3.8) is 0 Å². The summed E-state index contributed by atoms with van der Waals surface area (Å²) in [7, 11) is 0. The van der Waals surface area contributed by atoms with Gasteiger partial charge < -0.3 is 10.2 Å². The number of rotatable bonds is 2. The summed E-state index contributed by atoms with van der Waals surface area (Å²) in [5.74, 6) is 0. The fraction of sp³-hybridized carbons (Fsp3) is 0.533. The summed E-state index contributed by atoms with van der Waals surface area (Å²) in [6.07, 6.45) is 2.65. The van der Waals surface area contributed by atoms with E-state index in [2.05, 4.69) is 10.2 Å².